The fourth-order valence-corrected chi connectivity index (χ4v) is 12.0. The van der Waals surface area contributed by atoms with E-state index < -0.39 is 213 Å². The minimum absolute atomic E-state index is 0.0229. The molecule has 3 aliphatic rings. The maximum Gasteiger partial charge on any atom is 0.334 e. The normalized spacial score (nSPS) is 22.0. The second-order valence-electron chi connectivity index (χ2n) is 27.5. The molecule has 2 bridgehead atoms. The number of aliphatic hydroxyl groups is 2. The number of hydrogen-bond donors (Lipinski definition) is 16. The van der Waals surface area contributed by atoms with Gasteiger partial charge in [0.15, 0.2) is 0 Å². The van der Waals surface area contributed by atoms with Crippen LogP contribution in [0.5, 0.6) is 11.5 Å². The molecule has 2 aromatic carbocycles. The van der Waals surface area contributed by atoms with Crippen LogP contribution in [0.15, 0.2) is 48.5 Å². The number of benzene rings is 2. The number of amides is 11. The lowest BCUT2D eigenvalue weighted by Crippen LogP contribution is -2.62. The van der Waals surface area contributed by atoms with Crippen molar-refractivity contribution in [3.8, 4) is 11.5 Å². The first kappa shape index (κ1) is 87.1. The summed E-state index contributed by atoms with van der Waals surface area (Å²) in [7, 11) is 0. The van der Waals surface area contributed by atoms with E-state index in [4.69, 9.17) is 16.2 Å². The number of fused-ring (bicyclic) bond motifs is 23. The first-order valence-corrected chi connectivity index (χ1v) is 36.2. The highest BCUT2D eigenvalue weighted by atomic mass is 16.5. The Balaban J connectivity index is 1.75. The van der Waals surface area contributed by atoms with Crippen molar-refractivity contribution in [3.05, 3.63) is 59.7 Å². The molecule has 1 saturated heterocycles. The number of phenolic OH excluding ortho intramolecular Hbond substituents is 1. The molecule has 0 aliphatic carbocycles. The topological polar surface area (TPSA) is 513 Å². The fourth-order valence-electron chi connectivity index (χ4n) is 12.0. The van der Waals surface area contributed by atoms with Gasteiger partial charge in [-0.3, -0.25) is 62.3 Å². The Morgan fingerprint density at radius 3 is 1.76 bits per heavy atom. The van der Waals surface area contributed by atoms with Crippen molar-refractivity contribution in [2.45, 2.75) is 268 Å². The van der Waals surface area contributed by atoms with Crippen molar-refractivity contribution in [3.63, 3.8) is 0 Å². The predicted octanol–water partition coefficient (Wildman–Crippen LogP) is 0.939. The van der Waals surface area contributed by atoms with Crippen LogP contribution >= 0.6 is 0 Å². The Kier molecular flexibility index (Phi) is 37.7. The second kappa shape index (κ2) is 45.0. The second-order valence-corrected chi connectivity index (χ2v) is 27.5. The number of phenols is 1. The zero-order chi connectivity index (χ0) is 77.2. The molecule has 5 rings (SSSR count). The van der Waals surface area contributed by atoms with Crippen LogP contribution in [0.4, 0.5) is 0 Å². The monoisotopic (exact) mass is 1460 g/mol. The van der Waals surface area contributed by atoms with Gasteiger partial charge in [-0.05, 0) is 119 Å². The number of aliphatic carboxylic acids is 2. The van der Waals surface area contributed by atoms with E-state index in [9.17, 15) is 92.7 Å². The van der Waals surface area contributed by atoms with Crippen molar-refractivity contribution in [1.82, 2.24) is 52.8 Å². The zero-order valence-electron chi connectivity index (χ0n) is 60.5. The number of nitrogens with one attached hydrogen (secondary N) is 9. The number of unbranched alkanes of at least 4 members (excludes halogenated alkanes) is 7. The Hall–Kier alpha value is -9.30. The number of aliphatic hydroxyl groups excluding tert-OH is 2. The van der Waals surface area contributed by atoms with Gasteiger partial charge in [0.25, 0.3) is 0 Å². The molecule has 0 unspecified atom stereocenters. The van der Waals surface area contributed by atoms with Crippen LogP contribution in [-0.2, 0) is 80.0 Å². The summed E-state index contributed by atoms with van der Waals surface area (Å²) >= 11 is 0. The van der Waals surface area contributed by atoms with Crippen LogP contribution in [0, 0.1) is 11.8 Å². The number of carbonyl (C=O) groups is 14. The molecule has 18 N–H and O–H groups in total. The molecule has 578 valence electrons. The standard InChI is InChI=1S/C72H110N12O20/c1-7-42(4)61-72(103)104-49-28-24-46(25-29-49)39-55(80-64(95)50(20-16-36-73)77-65(96)51(31-34-59(90)91)76-58(89)40-48(87)19-15-13-11-9-8-10-12-14-18-41(2)3)68(99)83-62(44(6)85)70(101)79-53(32-35-60(92)93)63(94)75-43(5)71(102)84-37-17-21-56(84)69(100)78-52(30-33-57(74)88)66(97)81-54(67(98)82-61)38-45-22-26-47(86)27-23-45/h22-29,41-44,48,50-56,61-62,85-87H,7-21,30-40,73H2,1-6H3,(H2,74,88)(H,75,94)(H,76,89)(H,77,96)(H,78,100)(H,79,101)(H,80,95)(H,81,97)(H,82,98)(H,83,99)(H,90,91)(H,92,93)/t42-,43+,44+,48-,50-,51-,52-,53-,54-,55-,56+,61-,62+/m0/s1. The summed E-state index contributed by atoms with van der Waals surface area (Å²) in [6.45, 7) is 10.1. The summed E-state index contributed by atoms with van der Waals surface area (Å²) in [5.74, 6) is -14.7. The van der Waals surface area contributed by atoms with Gasteiger partial charge in [-0.2, -0.15) is 0 Å². The minimum Gasteiger partial charge on any atom is -0.508 e. The van der Waals surface area contributed by atoms with E-state index in [1.165, 1.54) is 74.7 Å². The summed E-state index contributed by atoms with van der Waals surface area (Å²) < 4.78 is 5.82. The highest BCUT2D eigenvalue weighted by molar-refractivity contribution is 5.99. The predicted molar refractivity (Wildman–Crippen MR) is 379 cm³/mol. The van der Waals surface area contributed by atoms with Gasteiger partial charge in [0, 0.05) is 38.6 Å². The zero-order valence-corrected chi connectivity index (χ0v) is 60.5. The number of carbonyl (C=O) groups excluding carboxylic acids is 12. The fraction of sp³-hybridized carbons (Fsp3) is 0.639. The average Bonchev–Trinajstić information content (AvgIpc) is 1.44. The Bertz CT molecular complexity index is 3210. The number of nitrogens with zero attached hydrogens (tertiary/aromatic N) is 1. The highest BCUT2D eigenvalue weighted by Crippen LogP contribution is 2.23. The summed E-state index contributed by atoms with van der Waals surface area (Å²) in [4.78, 5) is 195. The van der Waals surface area contributed by atoms with Crippen LogP contribution in [0.2, 0.25) is 0 Å². The maximum atomic E-state index is 14.8. The van der Waals surface area contributed by atoms with Crippen molar-refractivity contribution < 1.29 is 97.4 Å². The van der Waals surface area contributed by atoms with Gasteiger partial charge in [-0.25, -0.2) is 4.79 Å². The summed E-state index contributed by atoms with van der Waals surface area (Å²) in [5.41, 5.74) is 12.0. The molecule has 104 heavy (non-hydrogen) atoms. The first-order chi connectivity index (χ1) is 49.3. The number of nitrogens with two attached hydrogens (primary N) is 2. The molecule has 32 nitrogen and oxygen atoms in total. The van der Waals surface area contributed by atoms with Crippen LogP contribution in [0.1, 0.15) is 194 Å². The van der Waals surface area contributed by atoms with E-state index in [2.05, 4.69) is 61.7 Å². The Morgan fingerprint density at radius 2 is 1.17 bits per heavy atom. The third kappa shape index (κ3) is 31.0. The molecule has 3 heterocycles. The molecule has 0 radical (unpaired) electrons. The van der Waals surface area contributed by atoms with E-state index in [1.807, 2.05) is 0 Å². The van der Waals surface area contributed by atoms with Gasteiger partial charge in [-0.15, -0.1) is 0 Å². The molecular formula is C72H110N12O20. The number of carboxylic acids is 2. The molecule has 3 aliphatic heterocycles. The third-order valence-corrected chi connectivity index (χ3v) is 18.3. The van der Waals surface area contributed by atoms with Gasteiger partial charge in [0.1, 0.15) is 71.9 Å². The van der Waals surface area contributed by atoms with E-state index in [1.54, 1.807) is 13.8 Å². The van der Waals surface area contributed by atoms with Crippen molar-refractivity contribution >= 4 is 82.9 Å². The van der Waals surface area contributed by atoms with E-state index in [0.29, 0.717) is 30.7 Å². The van der Waals surface area contributed by atoms with Crippen molar-refractivity contribution in [2.75, 3.05) is 13.1 Å². The van der Waals surface area contributed by atoms with Gasteiger partial charge < -0.3 is 94.5 Å². The summed E-state index contributed by atoms with van der Waals surface area (Å²) in [6, 6.07) is -4.88. The smallest absolute Gasteiger partial charge is 0.334 e. The number of primary amides is 1. The summed E-state index contributed by atoms with van der Waals surface area (Å²) in [6.07, 6.45) is 2.79. The molecule has 11 amide bonds. The van der Waals surface area contributed by atoms with Crippen molar-refractivity contribution in [1.29, 1.82) is 0 Å². The van der Waals surface area contributed by atoms with E-state index >= 15 is 0 Å². The molecule has 1 fully saturated rings. The average molecular weight is 1460 g/mol. The minimum atomic E-state index is -1.98. The maximum absolute atomic E-state index is 14.8. The number of carboxylic acid groups (broad SMARTS) is 2. The molecule has 0 saturated carbocycles. The number of esters is 1. The SMILES string of the molecule is CC[C@H](C)[C@@H]1NC(=O)[C@H](Cc2ccc(O)cc2)NC(=O)[C@H](CCC(N)=O)NC(=O)[C@H]2CCCN2C(=O)[C@@H](C)NC(=O)[C@H](CCC(=O)O)NC(=O)[C@@H]([C@@H](C)O)NC(=O)[C@@H](NC(=O)[C@H](CCCN)NC(=O)[C@H](CCC(=O)O)NC(=O)C[C@@H](O)CCCCCCCCCCC(C)C)Cc2ccc(cc2)OC1=O. The lowest BCUT2D eigenvalue weighted by molar-refractivity contribution is -0.143. The van der Waals surface area contributed by atoms with Crippen LogP contribution in [-0.4, -0.2) is 199 Å². The quantitative estimate of drug-likeness (QED) is 0.0198. The molecule has 0 spiro atoms. The molecule has 2 aromatic rings. The van der Waals surface area contributed by atoms with Gasteiger partial charge in [0.2, 0.25) is 65.0 Å². The van der Waals surface area contributed by atoms with Crippen LogP contribution in [0.25, 0.3) is 0 Å². The molecule has 32 heteroatoms. The molecule has 0 aromatic heterocycles. The lowest BCUT2D eigenvalue weighted by Gasteiger charge is -2.30. The Morgan fingerprint density at radius 1 is 0.615 bits per heavy atom. The lowest BCUT2D eigenvalue weighted by atomic mass is 9.97. The van der Waals surface area contributed by atoms with Crippen LogP contribution in [0.3, 0.4) is 0 Å². The largest absolute Gasteiger partial charge is 0.508 e. The Labute approximate surface area is 606 Å². The number of aromatic hydroxyl groups is 1. The summed E-state index contributed by atoms with van der Waals surface area (Å²) in [5, 5.41) is 74.1. The van der Waals surface area contributed by atoms with Gasteiger partial charge in [-0.1, -0.05) is 116 Å². The molecule has 13 atom stereocenters. The molecular weight excluding hydrogens is 1350 g/mol. The van der Waals surface area contributed by atoms with Crippen LogP contribution < -0.4 is 64.1 Å². The van der Waals surface area contributed by atoms with Gasteiger partial charge in [0.05, 0.1) is 18.6 Å². The van der Waals surface area contributed by atoms with Crippen molar-refractivity contribution in [2.24, 2.45) is 23.3 Å². The van der Waals surface area contributed by atoms with E-state index in [0.717, 1.165) is 43.9 Å². The van der Waals surface area contributed by atoms with Gasteiger partial charge >= 0.3 is 17.9 Å². The van der Waals surface area contributed by atoms with E-state index in [-0.39, 0.29) is 62.3 Å². The third-order valence-electron chi connectivity index (χ3n) is 18.3. The number of hydrogen-bond acceptors (Lipinski definition) is 19. The number of rotatable bonds is 35. The highest BCUT2D eigenvalue weighted by Gasteiger charge is 2.41. The first-order valence-electron chi connectivity index (χ1n) is 36.2. The number of ether oxygens (including phenoxy) is 1.